The maximum Gasteiger partial charge on any atom is 0.175 e. The van der Waals surface area contributed by atoms with E-state index in [0.29, 0.717) is 27.7 Å². The van der Waals surface area contributed by atoms with Gasteiger partial charge in [-0.05, 0) is 38.6 Å². The number of hydrogen-bond donors (Lipinski definition) is 1. The maximum absolute atomic E-state index is 11.6. The van der Waals surface area contributed by atoms with E-state index in [1.165, 1.54) is 12.3 Å². The minimum absolute atomic E-state index is 0.291. The lowest BCUT2D eigenvalue weighted by Crippen LogP contribution is -2.25. The number of likely N-dealkylation sites (tertiary alicyclic amines) is 1. The van der Waals surface area contributed by atoms with Crippen LogP contribution in [0.4, 0.5) is 5.69 Å². The molecule has 19 heavy (non-hydrogen) atoms. The van der Waals surface area contributed by atoms with Gasteiger partial charge in [-0.15, -0.1) is 0 Å². The van der Waals surface area contributed by atoms with Gasteiger partial charge < -0.3 is 10.2 Å². The van der Waals surface area contributed by atoms with Gasteiger partial charge in [-0.2, -0.15) is 0 Å². The van der Waals surface area contributed by atoms with Gasteiger partial charge in [-0.1, -0.05) is 11.6 Å². The van der Waals surface area contributed by atoms with E-state index in [1.807, 2.05) is 0 Å². The summed E-state index contributed by atoms with van der Waals surface area (Å²) in [6.45, 7) is 3.11. The highest BCUT2D eigenvalue weighted by molar-refractivity contribution is 7.90. The lowest BCUT2D eigenvalue weighted by Gasteiger charge is -2.16. The van der Waals surface area contributed by atoms with Crippen LogP contribution in [-0.2, 0) is 9.84 Å². The molecule has 0 aromatic heterocycles. The lowest BCUT2D eigenvalue weighted by molar-refractivity contribution is 0.330. The van der Waals surface area contributed by atoms with Crippen molar-refractivity contribution in [2.45, 2.75) is 30.3 Å². The summed E-state index contributed by atoms with van der Waals surface area (Å²) in [5, 5.41) is 3.89. The van der Waals surface area contributed by atoms with Crippen molar-refractivity contribution < 1.29 is 8.42 Å². The van der Waals surface area contributed by atoms with Crippen LogP contribution >= 0.6 is 11.6 Å². The molecule has 0 radical (unpaired) electrons. The zero-order valence-corrected chi connectivity index (χ0v) is 12.9. The largest absolute Gasteiger partial charge is 0.380 e. The van der Waals surface area contributed by atoms with Crippen molar-refractivity contribution in [1.82, 2.24) is 4.90 Å². The van der Waals surface area contributed by atoms with Crippen LogP contribution < -0.4 is 5.32 Å². The first-order valence-electron chi connectivity index (χ1n) is 6.24. The normalized spacial score (nSPS) is 24.6. The molecule has 1 heterocycles. The fourth-order valence-electron chi connectivity index (χ4n) is 2.36. The van der Waals surface area contributed by atoms with Gasteiger partial charge in [0.2, 0.25) is 0 Å². The number of halogens is 1. The van der Waals surface area contributed by atoms with Crippen LogP contribution in [0.15, 0.2) is 23.1 Å². The molecule has 2 rings (SSSR count). The molecule has 2 atom stereocenters. The van der Waals surface area contributed by atoms with E-state index in [1.54, 1.807) is 12.1 Å². The molecule has 1 aliphatic heterocycles. The van der Waals surface area contributed by atoms with Gasteiger partial charge in [0, 0.05) is 24.9 Å². The first kappa shape index (κ1) is 14.6. The molecule has 1 saturated heterocycles. The number of anilines is 1. The summed E-state index contributed by atoms with van der Waals surface area (Å²) < 4.78 is 23.1. The van der Waals surface area contributed by atoms with Crippen molar-refractivity contribution in [2.24, 2.45) is 0 Å². The van der Waals surface area contributed by atoms with Crippen molar-refractivity contribution in [3.8, 4) is 0 Å². The summed E-state index contributed by atoms with van der Waals surface area (Å²) >= 11 is 6.13. The predicted octanol–water partition coefficient (Wildman–Crippen LogP) is 2.25. The Labute approximate surface area is 119 Å². The molecule has 0 spiro atoms. The molecule has 1 aromatic carbocycles. The Hall–Kier alpha value is -0.780. The molecule has 0 amide bonds. The van der Waals surface area contributed by atoms with Gasteiger partial charge in [0.1, 0.15) is 0 Å². The maximum atomic E-state index is 11.6. The summed E-state index contributed by atoms with van der Waals surface area (Å²) in [6, 6.07) is 5.59. The van der Waals surface area contributed by atoms with Gasteiger partial charge in [0.15, 0.2) is 9.84 Å². The van der Waals surface area contributed by atoms with Crippen LogP contribution in [0.1, 0.15) is 13.3 Å². The second-order valence-electron chi connectivity index (χ2n) is 5.28. The number of nitrogens with one attached hydrogen (secondary N) is 1. The molecular weight excluding hydrogens is 284 g/mol. The van der Waals surface area contributed by atoms with E-state index in [4.69, 9.17) is 11.6 Å². The smallest absolute Gasteiger partial charge is 0.175 e. The first-order valence-corrected chi connectivity index (χ1v) is 8.50. The van der Waals surface area contributed by atoms with Gasteiger partial charge in [-0.3, -0.25) is 0 Å². The van der Waals surface area contributed by atoms with Crippen molar-refractivity contribution in [1.29, 1.82) is 0 Å². The third kappa shape index (κ3) is 3.41. The lowest BCUT2D eigenvalue weighted by atomic mass is 10.2. The summed E-state index contributed by atoms with van der Waals surface area (Å²) in [6.07, 6.45) is 2.22. The van der Waals surface area contributed by atoms with Crippen molar-refractivity contribution in [3.05, 3.63) is 23.2 Å². The van der Waals surface area contributed by atoms with Crippen molar-refractivity contribution in [3.63, 3.8) is 0 Å². The number of benzene rings is 1. The summed E-state index contributed by atoms with van der Waals surface area (Å²) in [7, 11) is -1.12. The molecule has 0 saturated carbocycles. The molecule has 106 valence electrons. The number of sulfone groups is 1. The average molecular weight is 303 g/mol. The van der Waals surface area contributed by atoms with Gasteiger partial charge >= 0.3 is 0 Å². The SMILES string of the molecule is CC1CC(Nc2cc(S(C)(=O)=O)ccc2Cl)CN1C. The van der Waals surface area contributed by atoms with Crippen LogP contribution in [-0.4, -0.2) is 45.2 Å². The third-order valence-electron chi connectivity index (χ3n) is 3.61. The second-order valence-corrected chi connectivity index (χ2v) is 7.70. The number of hydrogen-bond acceptors (Lipinski definition) is 4. The minimum Gasteiger partial charge on any atom is -0.380 e. The number of nitrogens with zero attached hydrogens (tertiary/aromatic N) is 1. The predicted molar refractivity (Wildman–Crippen MR) is 78.7 cm³/mol. The molecule has 1 aliphatic rings. The van der Waals surface area contributed by atoms with Crippen molar-refractivity contribution in [2.75, 3.05) is 25.2 Å². The molecule has 2 unspecified atom stereocenters. The Morgan fingerprint density at radius 2 is 2.11 bits per heavy atom. The Morgan fingerprint density at radius 1 is 1.42 bits per heavy atom. The van der Waals surface area contributed by atoms with Crippen LogP contribution in [0, 0.1) is 0 Å². The molecule has 1 aromatic rings. The van der Waals surface area contributed by atoms with Gasteiger partial charge in [-0.25, -0.2) is 8.42 Å². The van der Waals surface area contributed by atoms with E-state index in [-0.39, 0.29) is 0 Å². The van der Waals surface area contributed by atoms with E-state index < -0.39 is 9.84 Å². The fourth-order valence-corrected chi connectivity index (χ4v) is 3.18. The van der Waals surface area contributed by atoms with E-state index in [2.05, 4.69) is 24.2 Å². The quantitative estimate of drug-likeness (QED) is 0.930. The molecule has 1 fully saturated rings. The highest BCUT2D eigenvalue weighted by atomic mass is 35.5. The van der Waals surface area contributed by atoms with E-state index in [9.17, 15) is 8.42 Å². The minimum atomic E-state index is -3.21. The Bertz CT molecular complexity index is 564. The Morgan fingerprint density at radius 3 is 2.63 bits per heavy atom. The molecule has 0 bridgehead atoms. The summed E-state index contributed by atoms with van der Waals surface area (Å²) in [4.78, 5) is 2.56. The second kappa shape index (κ2) is 5.31. The van der Waals surface area contributed by atoms with Crippen LogP contribution in [0.3, 0.4) is 0 Å². The van der Waals surface area contributed by atoms with Crippen molar-refractivity contribution >= 4 is 27.1 Å². The summed E-state index contributed by atoms with van der Waals surface area (Å²) in [5.41, 5.74) is 0.692. The highest BCUT2D eigenvalue weighted by Crippen LogP contribution is 2.28. The first-order chi connectivity index (χ1) is 8.77. The third-order valence-corrected chi connectivity index (χ3v) is 5.05. The Kier molecular flexibility index (Phi) is 4.08. The van der Waals surface area contributed by atoms with Crippen LogP contribution in [0.2, 0.25) is 5.02 Å². The van der Waals surface area contributed by atoms with E-state index >= 15 is 0 Å². The zero-order valence-electron chi connectivity index (χ0n) is 11.4. The van der Waals surface area contributed by atoms with Gasteiger partial charge in [0.25, 0.3) is 0 Å². The molecule has 0 aliphatic carbocycles. The standard InChI is InChI=1S/C13H19ClN2O2S/c1-9-6-10(8-16(9)2)15-13-7-11(19(3,17)18)4-5-12(13)14/h4-5,7,9-10,15H,6,8H2,1-3H3. The molecular formula is C13H19ClN2O2S. The number of likely N-dealkylation sites (N-methyl/N-ethyl adjacent to an activating group) is 1. The van der Waals surface area contributed by atoms with Crippen LogP contribution in [0.25, 0.3) is 0 Å². The zero-order chi connectivity index (χ0) is 14.2. The fraction of sp³-hybridized carbons (Fsp3) is 0.538. The van der Waals surface area contributed by atoms with Gasteiger partial charge in [0.05, 0.1) is 15.6 Å². The Balaban J connectivity index is 2.21. The summed E-state index contributed by atoms with van der Waals surface area (Å²) in [5.74, 6) is 0. The molecule has 1 N–H and O–H groups in total. The average Bonchev–Trinajstić information content (AvgIpc) is 2.59. The van der Waals surface area contributed by atoms with Crippen LogP contribution in [0.5, 0.6) is 0 Å². The highest BCUT2D eigenvalue weighted by Gasteiger charge is 2.26. The number of rotatable bonds is 3. The monoisotopic (exact) mass is 302 g/mol. The topological polar surface area (TPSA) is 49.4 Å². The van der Waals surface area contributed by atoms with E-state index in [0.717, 1.165) is 13.0 Å². The molecule has 6 heteroatoms. The molecule has 4 nitrogen and oxygen atoms in total.